The maximum atomic E-state index is 11.2. The maximum absolute atomic E-state index is 11.2. The summed E-state index contributed by atoms with van der Waals surface area (Å²) in [5, 5.41) is 9.19. The number of carbonyl (C=O) groups is 1. The molecule has 18 heavy (non-hydrogen) atoms. The first kappa shape index (κ1) is 14.1. The van der Waals surface area contributed by atoms with Crippen LogP contribution in [0.15, 0.2) is 24.3 Å². The topological polar surface area (TPSA) is 55.8 Å². The number of terminal acetylenes is 1. The van der Waals surface area contributed by atoms with Crippen LogP contribution in [-0.2, 0) is 4.79 Å². The fourth-order valence-electron chi connectivity index (χ4n) is 1.21. The minimum atomic E-state index is -0.824. The Morgan fingerprint density at radius 3 is 2.72 bits per heavy atom. The lowest BCUT2D eigenvalue weighted by atomic mass is 10.3. The van der Waals surface area contributed by atoms with E-state index in [2.05, 4.69) is 5.92 Å². The van der Waals surface area contributed by atoms with Crippen LogP contribution in [0.3, 0.4) is 0 Å². The first-order chi connectivity index (χ1) is 8.67. The second-order valence-corrected chi connectivity index (χ2v) is 3.59. The number of para-hydroxylation sites is 2. The van der Waals surface area contributed by atoms with Crippen molar-refractivity contribution in [2.45, 2.75) is 25.9 Å². The van der Waals surface area contributed by atoms with Crippen LogP contribution in [0, 0.1) is 12.3 Å². The third kappa shape index (κ3) is 4.48. The number of hydrogen-bond donors (Lipinski definition) is 1. The van der Waals surface area contributed by atoms with E-state index in [9.17, 15) is 9.90 Å². The Bertz CT molecular complexity index is 434. The molecule has 0 heterocycles. The predicted octanol–water partition coefficient (Wildman–Crippen LogP) is 1.76. The van der Waals surface area contributed by atoms with Crippen molar-refractivity contribution in [3.05, 3.63) is 24.3 Å². The van der Waals surface area contributed by atoms with Crippen molar-refractivity contribution in [3.63, 3.8) is 0 Å². The molecule has 0 spiro atoms. The monoisotopic (exact) mass is 248 g/mol. The number of benzene rings is 1. The molecule has 4 nitrogen and oxygen atoms in total. The van der Waals surface area contributed by atoms with Gasteiger partial charge in [0.15, 0.2) is 11.5 Å². The summed E-state index contributed by atoms with van der Waals surface area (Å²) in [7, 11) is 0. The van der Waals surface area contributed by atoms with Crippen LogP contribution in [0.1, 0.15) is 19.8 Å². The molecule has 0 unspecified atom stereocenters. The van der Waals surface area contributed by atoms with E-state index in [1.807, 2.05) is 0 Å². The average molecular weight is 248 g/mol. The summed E-state index contributed by atoms with van der Waals surface area (Å²) in [4.78, 5) is 11.2. The highest BCUT2D eigenvalue weighted by Crippen LogP contribution is 2.26. The average Bonchev–Trinajstić information content (AvgIpc) is 2.40. The van der Waals surface area contributed by atoms with E-state index in [0.29, 0.717) is 24.3 Å². The van der Waals surface area contributed by atoms with E-state index in [1.54, 1.807) is 31.2 Å². The zero-order valence-corrected chi connectivity index (χ0v) is 10.3. The quantitative estimate of drug-likeness (QED) is 0.473. The summed E-state index contributed by atoms with van der Waals surface area (Å²) >= 11 is 0. The van der Waals surface area contributed by atoms with Crippen molar-refractivity contribution in [2.75, 3.05) is 6.61 Å². The van der Waals surface area contributed by atoms with Crippen molar-refractivity contribution >= 4 is 5.97 Å². The lowest BCUT2D eigenvalue weighted by molar-refractivity contribution is -0.134. The molecule has 96 valence electrons. The van der Waals surface area contributed by atoms with Gasteiger partial charge in [0.05, 0.1) is 6.61 Å². The Morgan fingerprint density at radius 2 is 2.11 bits per heavy atom. The van der Waals surface area contributed by atoms with Gasteiger partial charge in [0.25, 0.3) is 0 Å². The molecule has 0 aliphatic carbocycles. The molecule has 1 atom stereocenters. The second kappa shape index (κ2) is 7.36. The van der Waals surface area contributed by atoms with Gasteiger partial charge in [-0.3, -0.25) is 4.79 Å². The Kier molecular flexibility index (Phi) is 5.75. The summed E-state index contributed by atoms with van der Waals surface area (Å²) in [6.07, 6.45) is 4.84. The molecule has 0 aliphatic heterocycles. The van der Waals surface area contributed by atoms with E-state index in [0.717, 1.165) is 0 Å². The highest BCUT2D eigenvalue weighted by Gasteiger charge is 2.08. The molecule has 0 radical (unpaired) electrons. The van der Waals surface area contributed by atoms with E-state index < -0.39 is 6.10 Å². The standard InChI is InChI=1S/C14H16O4/c1-3-11(15)9-10-17-12-7-5-6-8-13(12)18-14(16)4-2/h1,5-8,11,15H,4,9-10H2,2H3/t11-/m0/s1. The third-order valence-corrected chi connectivity index (χ3v) is 2.20. The molecule has 0 saturated carbocycles. The third-order valence-electron chi connectivity index (χ3n) is 2.20. The molecule has 1 aromatic rings. The van der Waals surface area contributed by atoms with E-state index in [1.165, 1.54) is 0 Å². The fourth-order valence-corrected chi connectivity index (χ4v) is 1.21. The summed E-state index contributed by atoms with van der Waals surface area (Å²) in [6.45, 7) is 1.97. The van der Waals surface area contributed by atoms with Crippen LogP contribution in [0.25, 0.3) is 0 Å². The Hall–Kier alpha value is -1.99. The molecule has 4 heteroatoms. The van der Waals surface area contributed by atoms with Crippen molar-refractivity contribution < 1.29 is 19.4 Å². The molecule has 0 bridgehead atoms. The van der Waals surface area contributed by atoms with E-state index >= 15 is 0 Å². The van der Waals surface area contributed by atoms with E-state index in [4.69, 9.17) is 15.9 Å². The maximum Gasteiger partial charge on any atom is 0.311 e. The lowest BCUT2D eigenvalue weighted by Crippen LogP contribution is -2.11. The molecular weight excluding hydrogens is 232 g/mol. The highest BCUT2D eigenvalue weighted by atomic mass is 16.6. The van der Waals surface area contributed by atoms with Crippen LogP contribution in [0.5, 0.6) is 11.5 Å². The number of rotatable bonds is 6. The van der Waals surface area contributed by atoms with Gasteiger partial charge in [-0.05, 0) is 12.1 Å². The van der Waals surface area contributed by atoms with Crippen LogP contribution in [0.4, 0.5) is 0 Å². The van der Waals surface area contributed by atoms with Gasteiger partial charge in [0.1, 0.15) is 6.10 Å². The zero-order chi connectivity index (χ0) is 13.4. The molecule has 0 aliphatic rings. The lowest BCUT2D eigenvalue weighted by Gasteiger charge is -2.11. The Labute approximate surface area is 107 Å². The number of hydrogen-bond acceptors (Lipinski definition) is 4. The molecule has 1 rings (SSSR count). The second-order valence-electron chi connectivity index (χ2n) is 3.59. The van der Waals surface area contributed by atoms with Gasteiger partial charge in [0, 0.05) is 12.8 Å². The summed E-state index contributed by atoms with van der Waals surface area (Å²) < 4.78 is 10.5. The molecule has 1 aromatic carbocycles. The summed E-state index contributed by atoms with van der Waals surface area (Å²) in [5.41, 5.74) is 0. The number of carbonyl (C=O) groups excluding carboxylic acids is 1. The number of aliphatic hydroxyl groups is 1. The first-order valence-electron chi connectivity index (χ1n) is 5.74. The van der Waals surface area contributed by atoms with E-state index in [-0.39, 0.29) is 12.6 Å². The predicted molar refractivity (Wildman–Crippen MR) is 67.3 cm³/mol. The van der Waals surface area contributed by atoms with Gasteiger partial charge in [0.2, 0.25) is 0 Å². The van der Waals surface area contributed by atoms with Crippen molar-refractivity contribution in [1.82, 2.24) is 0 Å². The summed E-state index contributed by atoms with van der Waals surface area (Å²) in [5.74, 6) is 2.71. The Balaban J connectivity index is 2.59. The van der Waals surface area contributed by atoms with Crippen LogP contribution >= 0.6 is 0 Å². The fraction of sp³-hybridized carbons (Fsp3) is 0.357. The van der Waals surface area contributed by atoms with Gasteiger partial charge >= 0.3 is 5.97 Å². The largest absolute Gasteiger partial charge is 0.490 e. The minimum absolute atomic E-state index is 0.256. The van der Waals surface area contributed by atoms with Crippen LogP contribution < -0.4 is 9.47 Å². The first-order valence-corrected chi connectivity index (χ1v) is 5.74. The number of esters is 1. The molecule has 0 aromatic heterocycles. The van der Waals surface area contributed by atoms with Gasteiger partial charge in [-0.2, -0.15) is 0 Å². The van der Waals surface area contributed by atoms with Crippen molar-refractivity contribution in [1.29, 1.82) is 0 Å². The van der Waals surface area contributed by atoms with Gasteiger partial charge < -0.3 is 14.6 Å². The minimum Gasteiger partial charge on any atom is -0.490 e. The smallest absolute Gasteiger partial charge is 0.311 e. The molecule has 0 saturated heterocycles. The van der Waals surface area contributed by atoms with Gasteiger partial charge in [-0.1, -0.05) is 25.0 Å². The SMILES string of the molecule is C#C[C@H](O)CCOc1ccccc1OC(=O)CC. The van der Waals surface area contributed by atoms with Crippen LogP contribution in [0.2, 0.25) is 0 Å². The molecule has 0 amide bonds. The van der Waals surface area contributed by atoms with Crippen LogP contribution in [-0.4, -0.2) is 23.8 Å². The zero-order valence-electron chi connectivity index (χ0n) is 10.3. The molecular formula is C14H16O4. The van der Waals surface area contributed by atoms with Crippen molar-refractivity contribution in [2.24, 2.45) is 0 Å². The number of aliphatic hydroxyl groups excluding tert-OH is 1. The molecule has 1 N–H and O–H groups in total. The highest BCUT2D eigenvalue weighted by molar-refractivity contribution is 5.72. The Morgan fingerprint density at radius 1 is 1.44 bits per heavy atom. The number of ether oxygens (including phenoxy) is 2. The molecule has 0 fully saturated rings. The summed E-state index contributed by atoms with van der Waals surface area (Å²) in [6, 6.07) is 6.87. The van der Waals surface area contributed by atoms with Gasteiger partial charge in [-0.15, -0.1) is 6.42 Å². The normalized spacial score (nSPS) is 11.4. The van der Waals surface area contributed by atoms with Crippen molar-refractivity contribution in [3.8, 4) is 23.8 Å². The van der Waals surface area contributed by atoms with Gasteiger partial charge in [-0.25, -0.2) is 0 Å².